The molecule has 0 saturated heterocycles. The topological polar surface area (TPSA) is 163 Å². The molecular weight excluding hydrogens is 721 g/mol. The van der Waals surface area contributed by atoms with Crippen molar-refractivity contribution < 1.29 is 29.5 Å². The van der Waals surface area contributed by atoms with Gasteiger partial charge >= 0.3 is 0 Å². The molecule has 3 saturated carbocycles. The number of aliphatic imine (C=N–C) groups is 6. The molecule has 1 heterocycles. The summed E-state index contributed by atoms with van der Waals surface area (Å²) in [5.74, 6) is 1.94. The van der Waals surface area contributed by atoms with Gasteiger partial charge in [0.05, 0.1) is 57.6 Å². The monoisotopic (exact) mass is 774 g/mol. The van der Waals surface area contributed by atoms with Crippen LogP contribution in [-0.4, -0.2) is 110 Å². The van der Waals surface area contributed by atoms with Crippen LogP contribution in [0.15, 0.2) is 66.4 Å². The minimum atomic E-state index is -0.113. The first-order valence-corrected chi connectivity index (χ1v) is 20.3. The molecule has 12 nitrogen and oxygen atoms in total. The van der Waals surface area contributed by atoms with Crippen molar-refractivity contribution in [3.05, 3.63) is 69.8 Å². The predicted molar refractivity (Wildman–Crippen MR) is 228 cm³/mol. The number of hydrogen-bond donors (Lipinski definition) is 3. The maximum absolute atomic E-state index is 11.5. The average molecular weight is 775 g/mol. The molecule has 0 amide bonds. The summed E-state index contributed by atoms with van der Waals surface area (Å²) in [5.41, 5.74) is 3.18. The summed E-state index contributed by atoms with van der Waals surface area (Å²) < 4.78 is 16.9. The van der Waals surface area contributed by atoms with Crippen LogP contribution in [0.4, 0.5) is 0 Å². The van der Waals surface area contributed by atoms with E-state index in [2.05, 4.69) is 0 Å². The molecule has 0 spiro atoms. The Hall–Kier alpha value is -5.52. The highest BCUT2D eigenvalue weighted by Gasteiger charge is 2.27. The van der Waals surface area contributed by atoms with Gasteiger partial charge in [0, 0.05) is 70.7 Å². The van der Waals surface area contributed by atoms with Crippen molar-refractivity contribution in [2.45, 2.75) is 113 Å². The van der Waals surface area contributed by atoms with Crippen molar-refractivity contribution in [1.82, 2.24) is 0 Å². The molecule has 0 unspecified atom stereocenters. The summed E-state index contributed by atoms with van der Waals surface area (Å²) in [6, 6.07) is 9.96. The standard InChI is InChI=1S/C45H54N6O6/c1-55-34-16-28-22-46-37-10-4-6-12-39(37)48-24-30-18-35(56-2)20-32(44(30)53)26-50-41-14-8-9-15-42(41)51-27-33-21-36(57-3)19-31(45(33)54)25-49-40-13-7-5-11-38(40)47-23-29(17-34)43(28)52/h16-27,37-42,52-54H,4-15H2,1-3H3/t37-,38-,39-,40-,41-,42-/m1/s1. The average Bonchev–Trinajstić information content (AvgIpc) is 3.24. The molecule has 6 bridgehead atoms. The molecule has 57 heavy (non-hydrogen) atoms. The van der Waals surface area contributed by atoms with Gasteiger partial charge in [-0.05, 0) is 74.9 Å². The van der Waals surface area contributed by atoms with E-state index in [1.165, 1.54) is 0 Å². The van der Waals surface area contributed by atoms with Gasteiger partial charge < -0.3 is 29.5 Å². The number of fused-ring (bicyclic) bond motifs is 9. The van der Waals surface area contributed by atoms with E-state index in [4.69, 9.17) is 44.2 Å². The third-order valence-corrected chi connectivity index (χ3v) is 11.6. The van der Waals surface area contributed by atoms with Crippen LogP contribution in [0, 0.1) is 0 Å². The molecule has 7 rings (SSSR count). The van der Waals surface area contributed by atoms with Gasteiger partial charge in [0.25, 0.3) is 0 Å². The Bertz CT molecular complexity index is 1710. The number of benzene rings is 3. The van der Waals surface area contributed by atoms with Crippen LogP contribution in [0.3, 0.4) is 0 Å². The molecule has 3 aromatic carbocycles. The molecule has 3 N–H and O–H groups in total. The van der Waals surface area contributed by atoms with E-state index < -0.39 is 0 Å². The molecule has 1 aliphatic heterocycles. The zero-order chi connectivity index (χ0) is 39.7. The molecule has 300 valence electrons. The minimum absolute atomic E-state index is 0.0678. The van der Waals surface area contributed by atoms with Gasteiger partial charge in [0.1, 0.15) is 34.5 Å². The molecule has 4 aliphatic rings. The first-order chi connectivity index (χ1) is 27.8. The second-order valence-corrected chi connectivity index (χ2v) is 15.4. The number of ether oxygens (including phenoxy) is 3. The largest absolute Gasteiger partial charge is 0.507 e. The smallest absolute Gasteiger partial charge is 0.133 e. The number of phenols is 3. The third kappa shape index (κ3) is 9.55. The van der Waals surface area contributed by atoms with Crippen molar-refractivity contribution in [2.24, 2.45) is 30.0 Å². The fourth-order valence-corrected chi connectivity index (χ4v) is 8.27. The van der Waals surface area contributed by atoms with Crippen LogP contribution in [0.2, 0.25) is 0 Å². The molecular formula is C45H54N6O6. The zero-order valence-electron chi connectivity index (χ0n) is 33.1. The van der Waals surface area contributed by atoms with Gasteiger partial charge in [-0.25, -0.2) is 0 Å². The van der Waals surface area contributed by atoms with E-state index in [9.17, 15) is 15.3 Å². The maximum Gasteiger partial charge on any atom is 0.133 e. The molecule has 3 aromatic rings. The third-order valence-electron chi connectivity index (χ3n) is 11.6. The number of nitrogens with zero attached hydrogens (tertiary/aromatic N) is 6. The van der Waals surface area contributed by atoms with E-state index in [1.54, 1.807) is 95.0 Å². The SMILES string of the molecule is COc1cc2c(O)c(c1)C=N[C@@H]1CCCC[C@H]1N=Cc1cc(OC)cc(c1O)C=N[C@@H]1CCCC[C@H]1N=Cc1cc(OC)cc(c1O)C=N[C@@H]1CCCC[C@H]1N=C2. The summed E-state index contributed by atoms with van der Waals surface area (Å²) >= 11 is 0. The van der Waals surface area contributed by atoms with E-state index in [1.807, 2.05) is 0 Å². The summed E-state index contributed by atoms with van der Waals surface area (Å²) in [7, 11) is 4.79. The van der Waals surface area contributed by atoms with Crippen molar-refractivity contribution >= 4 is 37.3 Å². The van der Waals surface area contributed by atoms with E-state index in [-0.39, 0.29) is 53.5 Å². The first kappa shape index (κ1) is 39.7. The minimum Gasteiger partial charge on any atom is -0.507 e. The highest BCUT2D eigenvalue weighted by atomic mass is 16.5. The number of phenolic OH excluding ortho intramolecular Hbond substituents is 3. The van der Waals surface area contributed by atoms with Gasteiger partial charge in [0.2, 0.25) is 0 Å². The van der Waals surface area contributed by atoms with E-state index >= 15 is 0 Å². The Balaban J connectivity index is 1.31. The maximum atomic E-state index is 11.5. The van der Waals surface area contributed by atoms with Crippen LogP contribution in [0.1, 0.15) is 110 Å². The Morgan fingerprint density at radius 2 is 0.526 bits per heavy atom. The fourth-order valence-electron chi connectivity index (χ4n) is 8.27. The lowest BCUT2D eigenvalue weighted by Crippen LogP contribution is -2.27. The van der Waals surface area contributed by atoms with Crippen molar-refractivity contribution in [3.8, 4) is 34.5 Å². The Kier molecular flexibility index (Phi) is 13.0. The van der Waals surface area contributed by atoms with E-state index in [0.29, 0.717) is 50.6 Å². The van der Waals surface area contributed by atoms with Gasteiger partial charge in [-0.15, -0.1) is 0 Å². The van der Waals surface area contributed by atoms with Crippen molar-refractivity contribution in [2.75, 3.05) is 21.3 Å². The zero-order valence-corrected chi connectivity index (χ0v) is 33.1. The Morgan fingerprint density at radius 1 is 0.351 bits per heavy atom. The highest BCUT2D eigenvalue weighted by molar-refractivity contribution is 5.95. The predicted octanol–water partition coefficient (Wildman–Crippen LogP) is 7.69. The summed E-state index contributed by atoms with van der Waals surface area (Å²) in [5, 5.41) is 34.4. The lowest BCUT2D eigenvalue weighted by atomic mass is 9.91. The molecule has 6 atom stereocenters. The van der Waals surface area contributed by atoms with Gasteiger partial charge in [-0.1, -0.05) is 38.5 Å². The van der Waals surface area contributed by atoms with Gasteiger partial charge in [-0.2, -0.15) is 0 Å². The normalized spacial score (nSPS) is 25.1. The van der Waals surface area contributed by atoms with Crippen LogP contribution in [0.5, 0.6) is 34.5 Å². The second-order valence-electron chi connectivity index (χ2n) is 15.4. The van der Waals surface area contributed by atoms with Gasteiger partial charge in [-0.3, -0.25) is 30.0 Å². The first-order valence-electron chi connectivity index (χ1n) is 20.3. The number of hydrogen-bond acceptors (Lipinski definition) is 12. The highest BCUT2D eigenvalue weighted by Crippen LogP contribution is 2.33. The van der Waals surface area contributed by atoms with Crippen LogP contribution in [0.25, 0.3) is 0 Å². The summed E-state index contributed by atoms with van der Waals surface area (Å²) in [6.07, 6.45) is 21.5. The molecule has 3 fully saturated rings. The van der Waals surface area contributed by atoms with Gasteiger partial charge in [0.15, 0.2) is 0 Å². The van der Waals surface area contributed by atoms with Crippen molar-refractivity contribution in [3.63, 3.8) is 0 Å². The lowest BCUT2D eigenvalue weighted by Gasteiger charge is -2.26. The summed E-state index contributed by atoms with van der Waals surface area (Å²) in [4.78, 5) is 29.8. The Labute approximate surface area is 334 Å². The molecule has 12 heteroatoms. The fraction of sp³-hybridized carbons (Fsp3) is 0.467. The second kappa shape index (κ2) is 18.6. The number of rotatable bonds is 3. The lowest BCUT2D eigenvalue weighted by molar-refractivity contribution is 0.389. The quantitative estimate of drug-likeness (QED) is 0.247. The van der Waals surface area contributed by atoms with Crippen molar-refractivity contribution in [1.29, 1.82) is 0 Å². The van der Waals surface area contributed by atoms with Crippen LogP contribution >= 0.6 is 0 Å². The Morgan fingerprint density at radius 3 is 0.684 bits per heavy atom. The summed E-state index contributed by atoms with van der Waals surface area (Å²) in [6.45, 7) is 0. The molecule has 0 aromatic heterocycles. The van der Waals surface area contributed by atoms with Crippen LogP contribution in [-0.2, 0) is 0 Å². The number of aromatic hydroxyl groups is 3. The number of methoxy groups -OCH3 is 3. The van der Waals surface area contributed by atoms with Crippen LogP contribution < -0.4 is 14.2 Å². The van der Waals surface area contributed by atoms with E-state index in [0.717, 1.165) is 77.0 Å². The molecule has 0 radical (unpaired) electrons. The molecule has 3 aliphatic carbocycles.